The fourth-order valence-electron chi connectivity index (χ4n) is 1.16. The van der Waals surface area contributed by atoms with Gasteiger partial charge in [0.15, 0.2) is 0 Å². The van der Waals surface area contributed by atoms with Crippen LogP contribution in [-0.4, -0.2) is 34.9 Å². The lowest BCUT2D eigenvalue weighted by molar-refractivity contribution is 0.415. The third-order valence-electron chi connectivity index (χ3n) is 2.06. The van der Waals surface area contributed by atoms with Crippen molar-refractivity contribution in [2.75, 3.05) is 31.2 Å². The minimum absolute atomic E-state index is 0.0168. The van der Waals surface area contributed by atoms with Crippen molar-refractivity contribution in [3.63, 3.8) is 0 Å². The molecule has 5 nitrogen and oxygen atoms in total. The summed E-state index contributed by atoms with van der Waals surface area (Å²) >= 11 is 5.90. The van der Waals surface area contributed by atoms with Gasteiger partial charge in [0.25, 0.3) is 0 Å². The Hall–Kier alpha value is -0.980. The summed E-state index contributed by atoms with van der Waals surface area (Å²) in [6.07, 6.45) is 0. The number of sulfonamides is 1. The summed E-state index contributed by atoms with van der Waals surface area (Å²) < 4.78 is 30.7. The van der Waals surface area contributed by atoms with E-state index in [0.29, 0.717) is 23.0 Å². The highest BCUT2D eigenvalue weighted by Crippen LogP contribution is 2.27. The summed E-state index contributed by atoms with van der Waals surface area (Å²) in [5.41, 5.74) is 0.321. The fourth-order valence-corrected chi connectivity index (χ4v) is 2.46. The molecule has 96 valence electrons. The van der Waals surface area contributed by atoms with Gasteiger partial charge in [-0.05, 0) is 19.2 Å². The first-order valence-electron chi connectivity index (χ1n) is 4.97. The first kappa shape index (κ1) is 14.1. The van der Waals surface area contributed by atoms with Crippen LogP contribution in [0.4, 0.5) is 5.69 Å². The van der Waals surface area contributed by atoms with Crippen molar-refractivity contribution in [1.82, 2.24) is 5.32 Å². The third kappa shape index (κ3) is 4.41. The number of methoxy groups -OCH3 is 1. The summed E-state index contributed by atoms with van der Waals surface area (Å²) in [4.78, 5) is 0. The number of halogens is 1. The number of hydrogen-bond acceptors (Lipinski definition) is 4. The van der Waals surface area contributed by atoms with E-state index in [4.69, 9.17) is 16.3 Å². The summed E-state index contributed by atoms with van der Waals surface area (Å²) in [6.45, 7) is 0.372. The molecule has 1 rings (SSSR count). The molecule has 0 aliphatic rings. The van der Waals surface area contributed by atoms with Crippen molar-refractivity contribution >= 4 is 27.3 Å². The fraction of sp³-hybridized carbons (Fsp3) is 0.400. The second kappa shape index (κ2) is 6.09. The summed E-state index contributed by atoms with van der Waals surface area (Å²) in [7, 11) is -0.206. The molecule has 0 unspecified atom stereocenters. The largest absolute Gasteiger partial charge is 0.497 e. The van der Waals surface area contributed by atoms with Crippen molar-refractivity contribution < 1.29 is 13.2 Å². The van der Waals surface area contributed by atoms with E-state index >= 15 is 0 Å². The van der Waals surface area contributed by atoms with Crippen LogP contribution in [0.15, 0.2) is 18.2 Å². The quantitative estimate of drug-likeness (QED) is 0.823. The van der Waals surface area contributed by atoms with Gasteiger partial charge in [0.2, 0.25) is 10.0 Å². The SMILES string of the molecule is CNCCS(=O)(=O)Nc1cc(OC)ccc1Cl. The predicted molar refractivity (Wildman–Crippen MR) is 69.3 cm³/mol. The molecule has 0 aromatic heterocycles. The van der Waals surface area contributed by atoms with Gasteiger partial charge in [0.05, 0.1) is 23.6 Å². The lowest BCUT2D eigenvalue weighted by Crippen LogP contribution is -2.24. The molecule has 0 spiro atoms. The first-order valence-corrected chi connectivity index (χ1v) is 7.00. The van der Waals surface area contributed by atoms with Gasteiger partial charge in [0, 0.05) is 12.6 Å². The molecule has 1 aromatic rings. The molecule has 0 aliphatic heterocycles. The molecule has 0 amide bonds. The zero-order valence-electron chi connectivity index (χ0n) is 9.66. The Morgan fingerprint density at radius 3 is 2.71 bits per heavy atom. The van der Waals surface area contributed by atoms with E-state index in [-0.39, 0.29) is 5.75 Å². The van der Waals surface area contributed by atoms with E-state index in [1.165, 1.54) is 7.11 Å². The third-order valence-corrected chi connectivity index (χ3v) is 3.66. The molecular weight excluding hydrogens is 264 g/mol. The molecule has 7 heteroatoms. The second-order valence-electron chi connectivity index (χ2n) is 3.37. The van der Waals surface area contributed by atoms with Crippen LogP contribution in [0.2, 0.25) is 5.02 Å². The van der Waals surface area contributed by atoms with Crippen molar-refractivity contribution in [1.29, 1.82) is 0 Å². The first-order chi connectivity index (χ1) is 7.98. The van der Waals surface area contributed by atoms with Crippen LogP contribution in [0.3, 0.4) is 0 Å². The Kier molecular flexibility index (Phi) is 5.04. The average Bonchev–Trinajstić information content (AvgIpc) is 2.29. The van der Waals surface area contributed by atoms with Gasteiger partial charge in [-0.2, -0.15) is 0 Å². The molecule has 2 N–H and O–H groups in total. The Morgan fingerprint density at radius 1 is 1.41 bits per heavy atom. The van der Waals surface area contributed by atoms with Gasteiger partial charge < -0.3 is 10.1 Å². The zero-order valence-corrected chi connectivity index (χ0v) is 11.2. The maximum Gasteiger partial charge on any atom is 0.234 e. The maximum absolute atomic E-state index is 11.7. The van der Waals surface area contributed by atoms with Gasteiger partial charge in [-0.3, -0.25) is 4.72 Å². The van der Waals surface area contributed by atoms with Crippen molar-refractivity contribution in [2.45, 2.75) is 0 Å². The minimum Gasteiger partial charge on any atom is -0.497 e. The number of benzene rings is 1. The highest BCUT2D eigenvalue weighted by molar-refractivity contribution is 7.92. The highest BCUT2D eigenvalue weighted by atomic mass is 35.5. The molecule has 0 bridgehead atoms. The number of ether oxygens (including phenoxy) is 1. The number of nitrogens with one attached hydrogen (secondary N) is 2. The topological polar surface area (TPSA) is 67.4 Å². The van der Waals surface area contributed by atoms with Gasteiger partial charge in [-0.1, -0.05) is 11.6 Å². The minimum atomic E-state index is -3.40. The van der Waals surface area contributed by atoms with Crippen LogP contribution in [0, 0.1) is 0 Å². The molecule has 0 fully saturated rings. The molecule has 0 aliphatic carbocycles. The Balaban J connectivity index is 2.87. The highest BCUT2D eigenvalue weighted by Gasteiger charge is 2.12. The van der Waals surface area contributed by atoms with Crippen molar-refractivity contribution in [3.8, 4) is 5.75 Å². The molecule has 0 radical (unpaired) electrons. The van der Waals surface area contributed by atoms with Crippen molar-refractivity contribution in [3.05, 3.63) is 23.2 Å². The number of anilines is 1. The van der Waals surface area contributed by atoms with Crippen LogP contribution in [0.1, 0.15) is 0 Å². The van der Waals surface area contributed by atoms with E-state index in [2.05, 4.69) is 10.0 Å². The van der Waals surface area contributed by atoms with Crippen LogP contribution in [0.5, 0.6) is 5.75 Å². The molecule has 17 heavy (non-hydrogen) atoms. The summed E-state index contributed by atoms with van der Waals surface area (Å²) in [5.74, 6) is 0.526. The molecule has 0 saturated carbocycles. The van der Waals surface area contributed by atoms with Gasteiger partial charge >= 0.3 is 0 Å². The standard InChI is InChI=1S/C10H15ClN2O3S/c1-12-5-6-17(14,15)13-10-7-8(16-2)3-4-9(10)11/h3-4,7,12-13H,5-6H2,1-2H3. The molecule has 0 saturated heterocycles. The van der Waals surface area contributed by atoms with E-state index in [1.807, 2.05) is 0 Å². The number of rotatable bonds is 6. The van der Waals surface area contributed by atoms with Crippen LogP contribution >= 0.6 is 11.6 Å². The molecular formula is C10H15ClN2O3S. The lowest BCUT2D eigenvalue weighted by atomic mass is 10.3. The zero-order chi connectivity index (χ0) is 12.9. The Morgan fingerprint density at radius 2 is 2.12 bits per heavy atom. The normalized spacial score (nSPS) is 11.2. The Labute approximate surface area is 106 Å². The van der Waals surface area contributed by atoms with Crippen molar-refractivity contribution in [2.24, 2.45) is 0 Å². The maximum atomic E-state index is 11.7. The summed E-state index contributed by atoms with van der Waals surface area (Å²) in [5, 5.41) is 3.10. The molecule has 0 atom stereocenters. The van der Waals surface area contributed by atoms with E-state index in [0.717, 1.165) is 0 Å². The molecule has 0 heterocycles. The van der Waals surface area contributed by atoms with Crippen LogP contribution < -0.4 is 14.8 Å². The van der Waals surface area contributed by atoms with Gasteiger partial charge in [0.1, 0.15) is 5.75 Å². The molecule has 1 aromatic carbocycles. The summed E-state index contributed by atoms with van der Waals surface area (Å²) in [6, 6.07) is 4.78. The van der Waals surface area contributed by atoms with E-state index in [1.54, 1.807) is 25.2 Å². The average molecular weight is 279 g/mol. The Bertz CT molecular complexity index is 476. The van der Waals surface area contributed by atoms with Gasteiger partial charge in [-0.15, -0.1) is 0 Å². The van der Waals surface area contributed by atoms with Crippen LogP contribution in [-0.2, 0) is 10.0 Å². The van der Waals surface area contributed by atoms with E-state index < -0.39 is 10.0 Å². The van der Waals surface area contributed by atoms with Gasteiger partial charge in [-0.25, -0.2) is 8.42 Å². The lowest BCUT2D eigenvalue weighted by Gasteiger charge is -2.10. The van der Waals surface area contributed by atoms with E-state index in [9.17, 15) is 8.42 Å². The smallest absolute Gasteiger partial charge is 0.234 e. The van der Waals surface area contributed by atoms with Crippen LogP contribution in [0.25, 0.3) is 0 Å². The second-order valence-corrected chi connectivity index (χ2v) is 5.62. The predicted octanol–water partition coefficient (Wildman–Crippen LogP) is 1.31. The monoisotopic (exact) mass is 278 g/mol. The number of hydrogen-bond donors (Lipinski definition) is 2.